The highest BCUT2D eigenvalue weighted by Gasteiger charge is 2.42. The summed E-state index contributed by atoms with van der Waals surface area (Å²) in [7, 11) is 0. The number of nitrogens with zero attached hydrogens (tertiary/aromatic N) is 1. The summed E-state index contributed by atoms with van der Waals surface area (Å²) in [6.07, 6.45) is 4.11. The fraction of sp³-hybridized carbons (Fsp3) is 1.00. The summed E-state index contributed by atoms with van der Waals surface area (Å²) in [6, 6.07) is 1.54. The van der Waals surface area contributed by atoms with Gasteiger partial charge in [-0.2, -0.15) is 0 Å². The Hall–Kier alpha value is -0.0800. The van der Waals surface area contributed by atoms with Gasteiger partial charge >= 0.3 is 0 Å². The SMILES string of the molecule is CCN1CC2(C)CCCNC2CC1C. The average molecular weight is 196 g/mol. The number of nitrogens with one attached hydrogen (secondary N) is 1. The Kier molecular flexibility index (Phi) is 2.85. The predicted octanol–water partition coefficient (Wildman–Crippen LogP) is 1.86. The third kappa shape index (κ3) is 1.70. The zero-order valence-corrected chi connectivity index (χ0v) is 9.84. The summed E-state index contributed by atoms with van der Waals surface area (Å²) in [4.78, 5) is 2.64. The molecule has 2 fully saturated rings. The first-order valence-corrected chi connectivity index (χ1v) is 6.13. The molecule has 0 radical (unpaired) electrons. The van der Waals surface area contributed by atoms with Crippen molar-refractivity contribution in [2.45, 2.75) is 52.1 Å². The number of piperidine rings is 2. The van der Waals surface area contributed by atoms with Crippen LogP contribution in [-0.4, -0.2) is 36.6 Å². The molecule has 1 N–H and O–H groups in total. The van der Waals surface area contributed by atoms with Gasteiger partial charge in [-0.25, -0.2) is 0 Å². The molecule has 0 aromatic heterocycles. The van der Waals surface area contributed by atoms with Crippen molar-refractivity contribution in [3.05, 3.63) is 0 Å². The zero-order valence-electron chi connectivity index (χ0n) is 9.84. The fourth-order valence-corrected chi connectivity index (χ4v) is 3.28. The Morgan fingerprint density at radius 3 is 3.00 bits per heavy atom. The minimum Gasteiger partial charge on any atom is -0.313 e. The molecule has 2 rings (SSSR count). The number of hydrogen-bond acceptors (Lipinski definition) is 2. The molecule has 82 valence electrons. The van der Waals surface area contributed by atoms with Gasteiger partial charge in [-0.05, 0) is 44.7 Å². The molecule has 14 heavy (non-hydrogen) atoms. The van der Waals surface area contributed by atoms with E-state index in [0.717, 1.165) is 12.1 Å². The molecule has 0 spiro atoms. The number of likely N-dealkylation sites (tertiary alicyclic amines) is 1. The van der Waals surface area contributed by atoms with E-state index in [1.807, 2.05) is 0 Å². The standard InChI is InChI=1S/C12H24N2/c1-4-14-9-12(3)6-5-7-13-11(12)8-10(14)2/h10-11,13H,4-9H2,1-3H3. The highest BCUT2D eigenvalue weighted by Crippen LogP contribution is 2.38. The van der Waals surface area contributed by atoms with Gasteiger partial charge in [0.2, 0.25) is 0 Å². The molecule has 2 aliphatic rings. The predicted molar refractivity (Wildman–Crippen MR) is 60.5 cm³/mol. The Balaban J connectivity index is 2.09. The number of rotatable bonds is 1. The first-order chi connectivity index (χ1) is 6.65. The second-order valence-electron chi connectivity index (χ2n) is 5.41. The number of hydrogen-bond donors (Lipinski definition) is 1. The Morgan fingerprint density at radius 1 is 1.50 bits per heavy atom. The van der Waals surface area contributed by atoms with Crippen LogP contribution in [0.5, 0.6) is 0 Å². The van der Waals surface area contributed by atoms with Gasteiger partial charge in [0.05, 0.1) is 0 Å². The fourth-order valence-electron chi connectivity index (χ4n) is 3.28. The summed E-state index contributed by atoms with van der Waals surface area (Å²) in [5.74, 6) is 0. The van der Waals surface area contributed by atoms with E-state index in [1.54, 1.807) is 0 Å². The van der Waals surface area contributed by atoms with Gasteiger partial charge in [0, 0.05) is 18.6 Å². The third-order valence-corrected chi connectivity index (χ3v) is 4.33. The molecule has 2 heteroatoms. The van der Waals surface area contributed by atoms with Crippen LogP contribution in [0, 0.1) is 5.41 Å². The van der Waals surface area contributed by atoms with Gasteiger partial charge in [-0.1, -0.05) is 13.8 Å². The van der Waals surface area contributed by atoms with Gasteiger partial charge in [0.15, 0.2) is 0 Å². The van der Waals surface area contributed by atoms with Crippen LogP contribution in [0.25, 0.3) is 0 Å². The monoisotopic (exact) mass is 196 g/mol. The first kappa shape index (κ1) is 10.4. The summed E-state index contributed by atoms with van der Waals surface area (Å²) in [6.45, 7) is 10.9. The minimum absolute atomic E-state index is 0.542. The van der Waals surface area contributed by atoms with Gasteiger partial charge in [-0.3, -0.25) is 0 Å². The van der Waals surface area contributed by atoms with E-state index < -0.39 is 0 Å². The van der Waals surface area contributed by atoms with Gasteiger partial charge in [0.1, 0.15) is 0 Å². The topological polar surface area (TPSA) is 15.3 Å². The van der Waals surface area contributed by atoms with Crippen molar-refractivity contribution in [1.29, 1.82) is 0 Å². The maximum absolute atomic E-state index is 3.71. The van der Waals surface area contributed by atoms with Crippen LogP contribution in [0.15, 0.2) is 0 Å². The molecule has 2 aliphatic heterocycles. The van der Waals surface area contributed by atoms with E-state index in [1.165, 1.54) is 38.9 Å². The Bertz CT molecular complexity index is 204. The Morgan fingerprint density at radius 2 is 2.29 bits per heavy atom. The first-order valence-electron chi connectivity index (χ1n) is 6.13. The van der Waals surface area contributed by atoms with Crippen LogP contribution in [0.1, 0.15) is 40.0 Å². The Labute approximate surface area is 88.1 Å². The van der Waals surface area contributed by atoms with Crippen molar-refractivity contribution in [2.75, 3.05) is 19.6 Å². The van der Waals surface area contributed by atoms with E-state index in [9.17, 15) is 0 Å². The molecule has 3 unspecified atom stereocenters. The van der Waals surface area contributed by atoms with Crippen molar-refractivity contribution in [3.63, 3.8) is 0 Å². The molecular weight excluding hydrogens is 172 g/mol. The minimum atomic E-state index is 0.542. The summed E-state index contributed by atoms with van der Waals surface area (Å²) in [5, 5.41) is 3.71. The molecule has 0 aliphatic carbocycles. The molecule has 0 aromatic rings. The molecule has 2 heterocycles. The van der Waals surface area contributed by atoms with Crippen LogP contribution in [0.3, 0.4) is 0 Å². The van der Waals surface area contributed by atoms with E-state index in [-0.39, 0.29) is 0 Å². The summed E-state index contributed by atoms with van der Waals surface area (Å²) >= 11 is 0. The molecule has 2 nitrogen and oxygen atoms in total. The van der Waals surface area contributed by atoms with Crippen molar-refractivity contribution in [2.24, 2.45) is 5.41 Å². The molecular formula is C12H24N2. The van der Waals surface area contributed by atoms with Crippen molar-refractivity contribution in [1.82, 2.24) is 10.2 Å². The number of fused-ring (bicyclic) bond motifs is 1. The van der Waals surface area contributed by atoms with E-state index >= 15 is 0 Å². The lowest BCUT2D eigenvalue weighted by atomic mass is 9.70. The smallest absolute Gasteiger partial charge is 0.0148 e. The van der Waals surface area contributed by atoms with Gasteiger partial charge < -0.3 is 10.2 Å². The summed E-state index contributed by atoms with van der Waals surface area (Å²) < 4.78 is 0. The highest BCUT2D eigenvalue weighted by atomic mass is 15.2. The van der Waals surface area contributed by atoms with Crippen molar-refractivity contribution in [3.8, 4) is 0 Å². The normalized spacial score (nSPS) is 44.8. The highest BCUT2D eigenvalue weighted by molar-refractivity contribution is 4.99. The van der Waals surface area contributed by atoms with Crippen LogP contribution in [0.4, 0.5) is 0 Å². The molecule has 0 saturated carbocycles. The third-order valence-electron chi connectivity index (χ3n) is 4.33. The van der Waals surface area contributed by atoms with Crippen LogP contribution < -0.4 is 5.32 Å². The van der Waals surface area contributed by atoms with E-state index in [2.05, 4.69) is 31.0 Å². The van der Waals surface area contributed by atoms with Crippen LogP contribution in [-0.2, 0) is 0 Å². The average Bonchev–Trinajstić information content (AvgIpc) is 2.18. The van der Waals surface area contributed by atoms with E-state index in [4.69, 9.17) is 0 Å². The lowest BCUT2D eigenvalue weighted by Gasteiger charge is -2.52. The van der Waals surface area contributed by atoms with E-state index in [0.29, 0.717) is 5.41 Å². The van der Waals surface area contributed by atoms with Gasteiger partial charge in [0.25, 0.3) is 0 Å². The largest absolute Gasteiger partial charge is 0.313 e. The quantitative estimate of drug-likeness (QED) is 0.688. The summed E-state index contributed by atoms with van der Waals surface area (Å²) in [5.41, 5.74) is 0.542. The molecule has 3 atom stereocenters. The van der Waals surface area contributed by atoms with Crippen molar-refractivity contribution >= 4 is 0 Å². The van der Waals surface area contributed by atoms with Crippen molar-refractivity contribution < 1.29 is 0 Å². The maximum atomic E-state index is 3.71. The van der Waals surface area contributed by atoms with Crippen LogP contribution >= 0.6 is 0 Å². The maximum Gasteiger partial charge on any atom is 0.0148 e. The molecule has 0 amide bonds. The zero-order chi connectivity index (χ0) is 10.2. The lowest BCUT2D eigenvalue weighted by Crippen LogP contribution is -2.60. The molecule has 0 bridgehead atoms. The lowest BCUT2D eigenvalue weighted by molar-refractivity contribution is 0.00935. The second-order valence-corrected chi connectivity index (χ2v) is 5.41. The molecule has 0 aromatic carbocycles. The molecule has 2 saturated heterocycles. The van der Waals surface area contributed by atoms with Gasteiger partial charge in [-0.15, -0.1) is 0 Å². The van der Waals surface area contributed by atoms with Crippen LogP contribution in [0.2, 0.25) is 0 Å². The second kappa shape index (κ2) is 3.82.